The van der Waals surface area contributed by atoms with Crippen molar-refractivity contribution in [3.8, 4) is 5.75 Å². The molecule has 0 aliphatic rings. The van der Waals surface area contributed by atoms with Crippen LogP contribution in [0.4, 0.5) is 17.6 Å². The maximum atomic E-state index is 14.0. The van der Waals surface area contributed by atoms with Gasteiger partial charge in [-0.05, 0) is 85.2 Å². The number of rotatable bonds is 17. The zero-order valence-corrected chi connectivity index (χ0v) is 32.9. The van der Waals surface area contributed by atoms with Gasteiger partial charge in [0.25, 0.3) is 0 Å². The lowest BCUT2D eigenvalue weighted by Crippen LogP contribution is -2.34. The van der Waals surface area contributed by atoms with Crippen LogP contribution in [0.5, 0.6) is 5.75 Å². The maximum Gasteiger partial charge on any atom is 0.340 e. The van der Waals surface area contributed by atoms with Crippen molar-refractivity contribution in [1.82, 2.24) is 4.57 Å². The van der Waals surface area contributed by atoms with E-state index in [2.05, 4.69) is 28.8 Å². The van der Waals surface area contributed by atoms with Crippen molar-refractivity contribution in [3.05, 3.63) is 124 Å². The number of aliphatic hydroxyl groups excluding tert-OH is 1. The summed E-state index contributed by atoms with van der Waals surface area (Å²) in [6.45, 7) is 9.43. The van der Waals surface area contributed by atoms with Crippen LogP contribution in [0.1, 0.15) is 84.6 Å². The van der Waals surface area contributed by atoms with Gasteiger partial charge in [-0.1, -0.05) is 91.5 Å². The maximum absolute atomic E-state index is 14.0. The second kappa shape index (κ2) is 17.9. The monoisotopic (exact) mass is 784 g/mol. The molecule has 1 N–H and O–H groups in total. The quantitative estimate of drug-likeness (QED) is 0.0327. The third-order valence-electron chi connectivity index (χ3n) is 10.2. The van der Waals surface area contributed by atoms with E-state index in [1.54, 1.807) is 12.1 Å². The lowest BCUT2D eigenvalue weighted by molar-refractivity contribution is -0.148. The molecule has 6 rings (SSSR count). The average Bonchev–Trinajstić information content (AvgIpc) is 3.49. The predicted molar refractivity (Wildman–Crippen MR) is 217 cm³/mol. The molecule has 0 bridgehead atoms. The number of aliphatic hydroxyl groups is 1. The number of nitrogens with zero attached hydrogens (tertiary/aromatic N) is 2. The molecule has 1 aromatic heterocycles. The van der Waals surface area contributed by atoms with Crippen molar-refractivity contribution in [2.45, 2.75) is 85.3 Å². The Labute approximate surface area is 329 Å². The van der Waals surface area contributed by atoms with Crippen LogP contribution in [-0.4, -0.2) is 53.5 Å². The fraction of sp³-hybridized carbons (Fsp3) is 0.348. The van der Waals surface area contributed by atoms with E-state index in [1.165, 1.54) is 25.1 Å². The molecule has 1 atom stereocenters. The number of aryl methyl sites for hydroxylation is 3. The molecule has 0 aliphatic heterocycles. The summed E-state index contributed by atoms with van der Waals surface area (Å²) in [6, 6.07) is 25.7. The summed E-state index contributed by atoms with van der Waals surface area (Å²) in [5, 5.41) is 19.8. The number of para-hydroxylation sites is 1. The van der Waals surface area contributed by atoms with Crippen molar-refractivity contribution >= 4 is 44.3 Å². The van der Waals surface area contributed by atoms with E-state index in [4.69, 9.17) is 14.3 Å². The summed E-state index contributed by atoms with van der Waals surface area (Å²) < 4.78 is 67.8. The second-order valence-electron chi connectivity index (χ2n) is 14.5. The van der Waals surface area contributed by atoms with Crippen molar-refractivity contribution < 1.29 is 41.8 Å². The SMILES string of the molecule is CCCCCCOCCn1c2ccc(/C(=N/OC(C)=O)c3ccccc3OCC(F)(F)C(F)F)cc2c2cc(C(O)c3c(C)cc(C)cc3C)c3ccccc3c21. The van der Waals surface area contributed by atoms with Crippen LogP contribution in [0, 0.1) is 20.8 Å². The predicted octanol–water partition coefficient (Wildman–Crippen LogP) is 11.1. The number of hydrogen-bond acceptors (Lipinski definition) is 6. The van der Waals surface area contributed by atoms with Crippen LogP contribution < -0.4 is 4.74 Å². The first kappa shape index (κ1) is 41.4. The molecule has 5 aromatic carbocycles. The fourth-order valence-corrected chi connectivity index (χ4v) is 7.66. The smallest absolute Gasteiger partial charge is 0.340 e. The molecular weight excluding hydrogens is 737 g/mol. The van der Waals surface area contributed by atoms with E-state index in [-0.39, 0.29) is 17.0 Å². The van der Waals surface area contributed by atoms with Crippen molar-refractivity contribution in [1.29, 1.82) is 0 Å². The van der Waals surface area contributed by atoms with Crippen LogP contribution in [0.25, 0.3) is 32.6 Å². The Kier molecular flexibility index (Phi) is 13.0. The van der Waals surface area contributed by atoms with Gasteiger partial charge < -0.3 is 24.0 Å². The fourth-order valence-electron chi connectivity index (χ4n) is 7.66. The minimum absolute atomic E-state index is 0.0614. The second-order valence-corrected chi connectivity index (χ2v) is 14.5. The first-order valence-electron chi connectivity index (χ1n) is 19.3. The van der Waals surface area contributed by atoms with Crippen LogP contribution in [0.15, 0.2) is 90.1 Å². The van der Waals surface area contributed by atoms with E-state index in [0.717, 1.165) is 86.1 Å². The Bertz CT molecular complexity index is 2400. The van der Waals surface area contributed by atoms with Crippen LogP contribution in [0.3, 0.4) is 0 Å². The lowest BCUT2D eigenvalue weighted by atomic mass is 9.88. The molecule has 300 valence electrons. The molecule has 0 aliphatic carbocycles. The van der Waals surface area contributed by atoms with Gasteiger partial charge in [0.2, 0.25) is 0 Å². The van der Waals surface area contributed by atoms with E-state index < -0.39 is 31.0 Å². The Hall–Kier alpha value is -5.26. The third-order valence-corrected chi connectivity index (χ3v) is 10.2. The van der Waals surface area contributed by atoms with Gasteiger partial charge >= 0.3 is 18.3 Å². The van der Waals surface area contributed by atoms with Crippen molar-refractivity contribution in [3.63, 3.8) is 0 Å². The number of aromatic nitrogens is 1. The summed E-state index contributed by atoms with van der Waals surface area (Å²) >= 11 is 0. The van der Waals surface area contributed by atoms with E-state index in [1.807, 2.05) is 63.2 Å². The number of benzene rings is 5. The first-order chi connectivity index (χ1) is 27.3. The van der Waals surface area contributed by atoms with Gasteiger partial charge in [0.1, 0.15) is 17.6 Å². The molecule has 0 saturated heterocycles. The number of hydrogen-bond donors (Lipinski definition) is 1. The minimum atomic E-state index is -4.40. The Balaban J connectivity index is 1.56. The average molecular weight is 785 g/mol. The van der Waals surface area contributed by atoms with E-state index >= 15 is 0 Å². The number of carbonyl (C=O) groups excluding carboxylic acids is 1. The molecule has 7 nitrogen and oxygen atoms in total. The topological polar surface area (TPSA) is 82.3 Å². The highest BCUT2D eigenvalue weighted by molar-refractivity contribution is 6.21. The Morgan fingerprint density at radius 3 is 2.25 bits per heavy atom. The number of unbranched alkanes of at least 4 members (excludes halogenated alkanes) is 3. The van der Waals surface area contributed by atoms with Gasteiger partial charge in [-0.2, -0.15) is 8.78 Å². The summed E-state index contributed by atoms with van der Waals surface area (Å²) in [4.78, 5) is 17.2. The molecule has 1 unspecified atom stereocenters. The molecule has 57 heavy (non-hydrogen) atoms. The molecule has 11 heteroatoms. The highest BCUT2D eigenvalue weighted by Crippen LogP contribution is 2.41. The number of alkyl halides is 4. The number of halogens is 4. The van der Waals surface area contributed by atoms with E-state index in [0.29, 0.717) is 25.3 Å². The Morgan fingerprint density at radius 2 is 1.54 bits per heavy atom. The van der Waals surface area contributed by atoms with Gasteiger partial charge in [0.05, 0.1) is 12.1 Å². The molecular formula is C46H48F4N2O5. The number of oxime groups is 1. The van der Waals surface area contributed by atoms with Crippen LogP contribution in [-0.2, 0) is 20.9 Å². The lowest BCUT2D eigenvalue weighted by Gasteiger charge is -2.20. The van der Waals surface area contributed by atoms with Gasteiger partial charge in [-0.3, -0.25) is 0 Å². The number of fused-ring (bicyclic) bond motifs is 5. The highest BCUT2D eigenvalue weighted by atomic mass is 19.3. The molecule has 1 heterocycles. The van der Waals surface area contributed by atoms with Crippen LogP contribution >= 0.6 is 0 Å². The summed E-state index contributed by atoms with van der Waals surface area (Å²) in [6.07, 6.45) is -0.516. The largest absolute Gasteiger partial charge is 0.486 e. The van der Waals surface area contributed by atoms with Gasteiger partial charge in [-0.15, -0.1) is 0 Å². The van der Waals surface area contributed by atoms with Crippen LogP contribution in [0.2, 0.25) is 0 Å². The van der Waals surface area contributed by atoms with Gasteiger partial charge in [0, 0.05) is 52.9 Å². The molecule has 6 aromatic rings. The Morgan fingerprint density at radius 1 is 0.842 bits per heavy atom. The minimum Gasteiger partial charge on any atom is -0.486 e. The third kappa shape index (κ3) is 9.00. The number of ether oxygens (including phenoxy) is 2. The molecule has 0 radical (unpaired) electrons. The molecule has 0 spiro atoms. The van der Waals surface area contributed by atoms with Crippen molar-refractivity contribution in [2.75, 3.05) is 19.8 Å². The molecule has 0 saturated carbocycles. The van der Waals surface area contributed by atoms with E-state index in [9.17, 15) is 27.5 Å². The summed E-state index contributed by atoms with van der Waals surface area (Å²) in [7, 11) is 0. The summed E-state index contributed by atoms with van der Waals surface area (Å²) in [5.41, 5.74) is 7.03. The zero-order valence-electron chi connectivity index (χ0n) is 32.9. The highest BCUT2D eigenvalue weighted by Gasteiger charge is 2.42. The first-order valence-corrected chi connectivity index (χ1v) is 19.3. The zero-order chi connectivity index (χ0) is 40.9. The molecule has 0 amide bonds. The van der Waals surface area contributed by atoms with Gasteiger partial charge in [0.15, 0.2) is 6.61 Å². The molecule has 0 fully saturated rings. The summed E-state index contributed by atoms with van der Waals surface area (Å²) in [5.74, 6) is -5.28. The van der Waals surface area contributed by atoms with Crippen molar-refractivity contribution in [2.24, 2.45) is 5.16 Å². The normalized spacial score (nSPS) is 12.9. The number of carbonyl (C=O) groups is 1. The van der Waals surface area contributed by atoms with Gasteiger partial charge in [-0.25, -0.2) is 13.6 Å². The standard InChI is InChI=1S/C46H48F4N2O5/c1-6-7-8-13-21-55-22-20-52-39-19-18-32(42(51-57-31(5)53)35-16-11-12-17-40(35)56-27-46(49,50)45(47)48)25-36(39)37-26-38(33-14-9-10-15-34(33)43(37)52)44(54)41-29(3)23-28(2)24-30(41)4/h9-12,14-19,23-26,44-45,54H,6-8,13,20-22,27H2,1-5H3/b51-42-.